The van der Waals surface area contributed by atoms with Gasteiger partial charge in [0, 0.05) is 39.1 Å². The number of aryl methyl sites for hydroxylation is 1. The standard InChI is InChI=1S/C25H18BrN3O5/c1-15-14-20(29(32)33)10-11-21(15)22-12-13-23(34-22)25(31)28-19-8-6-18(7-9-19)27-24(30)16-2-4-17(26)5-3-16/h2-14H,1H3,(H,27,30)(H,28,31). The van der Waals surface area contributed by atoms with Crippen molar-refractivity contribution in [1.82, 2.24) is 0 Å². The average molecular weight is 520 g/mol. The normalized spacial score (nSPS) is 10.5. The molecule has 4 rings (SSSR count). The molecule has 0 saturated carbocycles. The molecule has 3 aromatic carbocycles. The Morgan fingerprint density at radius 2 is 1.47 bits per heavy atom. The third-order valence-corrected chi connectivity index (χ3v) is 5.55. The molecule has 0 fully saturated rings. The molecular formula is C25H18BrN3O5. The van der Waals surface area contributed by atoms with Crippen molar-refractivity contribution in [2.75, 3.05) is 10.6 Å². The summed E-state index contributed by atoms with van der Waals surface area (Å²) in [7, 11) is 0. The van der Waals surface area contributed by atoms with Crippen molar-refractivity contribution in [2.45, 2.75) is 6.92 Å². The zero-order valence-corrected chi connectivity index (χ0v) is 19.5. The van der Waals surface area contributed by atoms with Crippen LogP contribution in [0, 0.1) is 17.0 Å². The number of halogens is 1. The molecule has 0 atom stereocenters. The summed E-state index contributed by atoms with van der Waals surface area (Å²) in [6.45, 7) is 1.74. The number of nitro benzene ring substituents is 1. The predicted molar refractivity (Wildman–Crippen MR) is 132 cm³/mol. The molecule has 1 aromatic heterocycles. The van der Waals surface area contributed by atoms with Gasteiger partial charge < -0.3 is 15.1 Å². The smallest absolute Gasteiger partial charge is 0.291 e. The second-order valence-electron chi connectivity index (χ2n) is 7.41. The Morgan fingerprint density at radius 1 is 0.853 bits per heavy atom. The molecule has 0 unspecified atom stereocenters. The first-order chi connectivity index (χ1) is 16.3. The maximum Gasteiger partial charge on any atom is 0.291 e. The Balaban J connectivity index is 1.40. The van der Waals surface area contributed by atoms with Crippen molar-refractivity contribution in [3.8, 4) is 11.3 Å². The van der Waals surface area contributed by atoms with Crippen molar-refractivity contribution in [2.24, 2.45) is 0 Å². The molecule has 170 valence electrons. The first kappa shape index (κ1) is 22.9. The largest absolute Gasteiger partial charge is 0.451 e. The van der Waals surface area contributed by atoms with E-state index in [2.05, 4.69) is 26.6 Å². The highest BCUT2D eigenvalue weighted by molar-refractivity contribution is 9.10. The van der Waals surface area contributed by atoms with E-state index in [1.165, 1.54) is 12.1 Å². The summed E-state index contributed by atoms with van der Waals surface area (Å²) < 4.78 is 6.56. The molecule has 2 amide bonds. The lowest BCUT2D eigenvalue weighted by Gasteiger charge is -2.08. The molecule has 1 heterocycles. The van der Waals surface area contributed by atoms with Gasteiger partial charge >= 0.3 is 0 Å². The van der Waals surface area contributed by atoms with Gasteiger partial charge in [0.1, 0.15) is 5.76 Å². The van der Waals surface area contributed by atoms with E-state index in [1.54, 1.807) is 73.7 Å². The van der Waals surface area contributed by atoms with Crippen molar-refractivity contribution in [3.05, 3.63) is 110 Å². The lowest BCUT2D eigenvalue weighted by atomic mass is 10.1. The molecule has 34 heavy (non-hydrogen) atoms. The molecule has 8 nitrogen and oxygen atoms in total. The van der Waals surface area contributed by atoms with Crippen LogP contribution in [0.5, 0.6) is 0 Å². The zero-order valence-electron chi connectivity index (χ0n) is 17.9. The molecule has 0 aliphatic carbocycles. The molecule has 0 aliphatic rings. The molecular weight excluding hydrogens is 502 g/mol. The average Bonchev–Trinajstić information content (AvgIpc) is 3.31. The Labute approximate surface area is 202 Å². The van der Waals surface area contributed by atoms with Crippen LogP contribution in [0.1, 0.15) is 26.5 Å². The Bertz CT molecular complexity index is 1380. The summed E-state index contributed by atoms with van der Waals surface area (Å²) in [5.74, 6) is -0.157. The van der Waals surface area contributed by atoms with E-state index in [0.29, 0.717) is 33.8 Å². The molecule has 9 heteroatoms. The highest BCUT2D eigenvalue weighted by atomic mass is 79.9. The van der Waals surface area contributed by atoms with E-state index in [-0.39, 0.29) is 17.4 Å². The number of furan rings is 1. The van der Waals surface area contributed by atoms with Crippen LogP contribution < -0.4 is 10.6 Å². The molecule has 0 radical (unpaired) electrons. The summed E-state index contributed by atoms with van der Waals surface area (Å²) >= 11 is 3.33. The number of anilines is 2. The summed E-state index contributed by atoms with van der Waals surface area (Å²) in [4.78, 5) is 35.4. The fraction of sp³-hybridized carbons (Fsp3) is 0.0400. The van der Waals surface area contributed by atoms with Gasteiger partial charge in [-0.1, -0.05) is 15.9 Å². The Morgan fingerprint density at radius 3 is 2.06 bits per heavy atom. The van der Waals surface area contributed by atoms with Gasteiger partial charge in [-0.2, -0.15) is 0 Å². The maximum absolute atomic E-state index is 12.6. The molecule has 0 spiro atoms. The monoisotopic (exact) mass is 519 g/mol. The van der Waals surface area contributed by atoms with E-state index in [0.717, 1.165) is 4.47 Å². The number of non-ortho nitro benzene ring substituents is 1. The quantitative estimate of drug-likeness (QED) is 0.225. The van der Waals surface area contributed by atoms with Gasteiger partial charge in [0.2, 0.25) is 0 Å². The van der Waals surface area contributed by atoms with Gasteiger partial charge in [0.25, 0.3) is 17.5 Å². The summed E-state index contributed by atoms with van der Waals surface area (Å²) in [5.41, 5.74) is 2.95. The Kier molecular flexibility index (Phi) is 6.55. The van der Waals surface area contributed by atoms with Crippen molar-refractivity contribution in [3.63, 3.8) is 0 Å². The van der Waals surface area contributed by atoms with Gasteiger partial charge in [-0.25, -0.2) is 0 Å². The number of carbonyl (C=O) groups excluding carboxylic acids is 2. The Hall–Kier alpha value is -4.24. The first-order valence-electron chi connectivity index (χ1n) is 10.1. The fourth-order valence-corrected chi connectivity index (χ4v) is 3.54. The second-order valence-corrected chi connectivity index (χ2v) is 8.33. The number of rotatable bonds is 6. The van der Waals surface area contributed by atoms with E-state index in [4.69, 9.17) is 4.42 Å². The predicted octanol–water partition coefficient (Wildman–Crippen LogP) is 6.43. The van der Waals surface area contributed by atoms with Crippen LogP contribution in [-0.4, -0.2) is 16.7 Å². The molecule has 2 N–H and O–H groups in total. The van der Waals surface area contributed by atoms with Gasteiger partial charge in [0.05, 0.1) is 4.92 Å². The fourth-order valence-electron chi connectivity index (χ4n) is 3.28. The highest BCUT2D eigenvalue weighted by Crippen LogP contribution is 2.29. The molecule has 4 aromatic rings. The minimum atomic E-state index is -0.463. The van der Waals surface area contributed by atoms with Crippen LogP contribution in [0.3, 0.4) is 0 Å². The van der Waals surface area contributed by atoms with Crippen molar-refractivity contribution < 1.29 is 18.9 Å². The van der Waals surface area contributed by atoms with E-state index in [9.17, 15) is 19.7 Å². The summed E-state index contributed by atoms with van der Waals surface area (Å²) in [6, 6.07) is 21.3. The number of nitrogens with zero attached hydrogens (tertiary/aromatic N) is 1. The summed E-state index contributed by atoms with van der Waals surface area (Å²) in [6.07, 6.45) is 0. The van der Waals surface area contributed by atoms with Gasteiger partial charge in [0.15, 0.2) is 5.76 Å². The van der Waals surface area contributed by atoms with Gasteiger partial charge in [-0.3, -0.25) is 19.7 Å². The van der Waals surface area contributed by atoms with Crippen LogP contribution in [-0.2, 0) is 0 Å². The third-order valence-electron chi connectivity index (χ3n) is 5.02. The first-order valence-corrected chi connectivity index (χ1v) is 10.9. The van der Waals surface area contributed by atoms with Gasteiger partial charge in [-0.05, 0) is 79.2 Å². The van der Waals surface area contributed by atoms with Crippen molar-refractivity contribution >= 4 is 44.8 Å². The summed E-state index contributed by atoms with van der Waals surface area (Å²) in [5, 5.41) is 16.5. The van der Waals surface area contributed by atoms with E-state index in [1.807, 2.05) is 0 Å². The number of hydrogen-bond acceptors (Lipinski definition) is 5. The zero-order chi connectivity index (χ0) is 24.2. The lowest BCUT2D eigenvalue weighted by molar-refractivity contribution is -0.384. The van der Waals surface area contributed by atoms with Gasteiger partial charge in [-0.15, -0.1) is 0 Å². The number of nitro groups is 1. The highest BCUT2D eigenvalue weighted by Gasteiger charge is 2.16. The number of nitrogens with one attached hydrogen (secondary N) is 2. The van der Waals surface area contributed by atoms with Crippen LogP contribution >= 0.6 is 15.9 Å². The third kappa shape index (κ3) is 5.21. The van der Waals surface area contributed by atoms with E-state index < -0.39 is 10.8 Å². The maximum atomic E-state index is 12.6. The minimum absolute atomic E-state index is 0.0118. The number of amides is 2. The van der Waals surface area contributed by atoms with Crippen LogP contribution in [0.2, 0.25) is 0 Å². The molecule has 0 saturated heterocycles. The molecule has 0 aliphatic heterocycles. The van der Waals surface area contributed by atoms with Crippen LogP contribution in [0.15, 0.2) is 87.8 Å². The van der Waals surface area contributed by atoms with Crippen LogP contribution in [0.25, 0.3) is 11.3 Å². The SMILES string of the molecule is Cc1cc([N+](=O)[O-])ccc1-c1ccc(C(=O)Nc2ccc(NC(=O)c3ccc(Br)cc3)cc2)o1. The lowest BCUT2D eigenvalue weighted by Crippen LogP contribution is -2.12. The van der Waals surface area contributed by atoms with E-state index >= 15 is 0 Å². The number of carbonyl (C=O) groups is 2. The topological polar surface area (TPSA) is 114 Å². The second kappa shape index (κ2) is 9.72. The number of hydrogen-bond donors (Lipinski definition) is 2. The minimum Gasteiger partial charge on any atom is -0.451 e. The number of benzene rings is 3. The molecule has 0 bridgehead atoms. The van der Waals surface area contributed by atoms with Crippen LogP contribution in [0.4, 0.5) is 17.1 Å². The van der Waals surface area contributed by atoms with Crippen molar-refractivity contribution in [1.29, 1.82) is 0 Å².